The molecule has 0 saturated carbocycles. The SMILES string of the molecule is CN(CC(O)C(O)C(O)C(O)CO)C(=O)CC1=CSC2=NCCN12. The van der Waals surface area contributed by atoms with Crippen LogP contribution >= 0.6 is 11.8 Å². The molecule has 24 heavy (non-hydrogen) atoms. The minimum atomic E-state index is -1.70. The van der Waals surface area contributed by atoms with Gasteiger partial charge in [-0.3, -0.25) is 9.79 Å². The molecule has 0 fully saturated rings. The first-order chi connectivity index (χ1) is 11.3. The summed E-state index contributed by atoms with van der Waals surface area (Å²) in [6.45, 7) is 0.499. The molecule has 2 aliphatic heterocycles. The Morgan fingerprint density at radius 3 is 2.67 bits per heavy atom. The standard InChI is InChI=1S/C14H23N3O6S/c1-16(5-9(19)12(22)13(23)10(20)6-18)11(21)4-8-7-24-14-15-2-3-17(8)14/h7,9-10,12-13,18-20,22-23H,2-6H2,1H3. The monoisotopic (exact) mass is 361 g/mol. The van der Waals surface area contributed by atoms with E-state index >= 15 is 0 Å². The van der Waals surface area contributed by atoms with Crippen molar-refractivity contribution in [3.8, 4) is 0 Å². The minimum Gasteiger partial charge on any atom is -0.394 e. The van der Waals surface area contributed by atoms with Crippen molar-refractivity contribution in [3.05, 3.63) is 11.1 Å². The number of aliphatic imine (C=N–C) groups is 1. The summed E-state index contributed by atoms with van der Waals surface area (Å²) in [5.41, 5.74) is 0.846. The van der Waals surface area contributed by atoms with Gasteiger partial charge in [-0.25, -0.2) is 0 Å². The molecule has 0 radical (unpaired) electrons. The van der Waals surface area contributed by atoms with Crippen molar-refractivity contribution in [3.63, 3.8) is 0 Å². The lowest BCUT2D eigenvalue weighted by Crippen LogP contribution is -2.50. The number of carbonyl (C=O) groups is 1. The predicted molar refractivity (Wildman–Crippen MR) is 88.0 cm³/mol. The number of fused-ring (bicyclic) bond motifs is 1. The van der Waals surface area contributed by atoms with Crippen LogP contribution < -0.4 is 0 Å². The third-order valence-electron chi connectivity index (χ3n) is 3.99. The van der Waals surface area contributed by atoms with E-state index in [-0.39, 0.29) is 18.9 Å². The van der Waals surface area contributed by atoms with E-state index in [2.05, 4.69) is 4.99 Å². The topological polar surface area (TPSA) is 137 Å². The Labute approximate surface area is 143 Å². The highest BCUT2D eigenvalue weighted by atomic mass is 32.2. The van der Waals surface area contributed by atoms with Gasteiger partial charge >= 0.3 is 0 Å². The van der Waals surface area contributed by atoms with Crippen molar-refractivity contribution in [1.29, 1.82) is 0 Å². The molecule has 0 aromatic heterocycles. The van der Waals surface area contributed by atoms with E-state index in [9.17, 15) is 25.2 Å². The highest BCUT2D eigenvalue weighted by Gasteiger charge is 2.32. The van der Waals surface area contributed by atoms with Crippen molar-refractivity contribution < 1.29 is 30.3 Å². The van der Waals surface area contributed by atoms with E-state index in [4.69, 9.17) is 5.11 Å². The van der Waals surface area contributed by atoms with Gasteiger partial charge in [0.2, 0.25) is 5.91 Å². The number of amides is 1. The maximum atomic E-state index is 12.3. The molecular weight excluding hydrogens is 338 g/mol. The Balaban J connectivity index is 1.84. The maximum Gasteiger partial charge on any atom is 0.228 e. The van der Waals surface area contributed by atoms with Gasteiger partial charge < -0.3 is 35.3 Å². The summed E-state index contributed by atoms with van der Waals surface area (Å²) in [5.74, 6) is -0.251. The second-order valence-corrected chi connectivity index (χ2v) is 6.63. The number of hydrogen-bond acceptors (Lipinski definition) is 9. The van der Waals surface area contributed by atoms with Gasteiger partial charge in [-0.15, -0.1) is 0 Å². The third-order valence-corrected chi connectivity index (χ3v) is 4.94. The van der Waals surface area contributed by atoms with Crippen LogP contribution in [0, 0.1) is 0 Å². The van der Waals surface area contributed by atoms with Crippen molar-refractivity contribution in [2.75, 3.05) is 33.3 Å². The second-order valence-electron chi connectivity index (χ2n) is 5.79. The van der Waals surface area contributed by atoms with Crippen LogP contribution in [0.15, 0.2) is 16.1 Å². The highest BCUT2D eigenvalue weighted by Crippen LogP contribution is 2.31. The summed E-state index contributed by atoms with van der Waals surface area (Å²) in [7, 11) is 1.48. The summed E-state index contributed by atoms with van der Waals surface area (Å²) in [6.07, 6.45) is -6.25. The average Bonchev–Trinajstić information content (AvgIpc) is 3.17. The molecule has 0 aromatic carbocycles. The van der Waals surface area contributed by atoms with Crippen molar-refractivity contribution in [2.45, 2.75) is 30.8 Å². The number of nitrogens with zero attached hydrogens (tertiary/aromatic N) is 3. The fourth-order valence-electron chi connectivity index (χ4n) is 2.46. The van der Waals surface area contributed by atoms with E-state index in [0.717, 1.165) is 17.4 Å². The predicted octanol–water partition coefficient (Wildman–Crippen LogP) is -2.47. The summed E-state index contributed by atoms with van der Waals surface area (Å²) >= 11 is 1.47. The van der Waals surface area contributed by atoms with E-state index in [1.54, 1.807) is 0 Å². The molecule has 0 aliphatic carbocycles. The van der Waals surface area contributed by atoms with E-state index < -0.39 is 31.0 Å². The number of hydrogen-bond donors (Lipinski definition) is 5. The molecule has 10 heteroatoms. The maximum absolute atomic E-state index is 12.3. The van der Waals surface area contributed by atoms with Gasteiger partial charge in [0, 0.05) is 25.8 Å². The minimum absolute atomic E-state index is 0.146. The smallest absolute Gasteiger partial charge is 0.228 e. The molecule has 1 amide bonds. The highest BCUT2D eigenvalue weighted by molar-refractivity contribution is 8.16. The number of amidine groups is 1. The summed E-state index contributed by atoms with van der Waals surface area (Å²) in [4.78, 5) is 19.8. The fourth-order valence-corrected chi connectivity index (χ4v) is 3.41. The molecule has 2 heterocycles. The van der Waals surface area contributed by atoms with Gasteiger partial charge in [0.15, 0.2) is 5.17 Å². The zero-order chi connectivity index (χ0) is 17.9. The first-order valence-corrected chi connectivity index (χ1v) is 8.48. The molecule has 5 N–H and O–H groups in total. The normalized spacial score (nSPS) is 21.7. The molecule has 9 nitrogen and oxygen atoms in total. The number of aliphatic hydroxyl groups is 5. The quantitative estimate of drug-likeness (QED) is 0.321. The molecule has 0 spiro atoms. The van der Waals surface area contributed by atoms with Crippen LogP contribution in [0.4, 0.5) is 0 Å². The molecule has 0 bridgehead atoms. The van der Waals surface area contributed by atoms with Crippen molar-refractivity contribution in [1.82, 2.24) is 9.80 Å². The van der Waals surface area contributed by atoms with Gasteiger partial charge in [0.25, 0.3) is 0 Å². The van der Waals surface area contributed by atoms with Crippen LogP contribution in [0.5, 0.6) is 0 Å². The Kier molecular flexibility index (Phi) is 6.61. The zero-order valence-electron chi connectivity index (χ0n) is 13.3. The van der Waals surface area contributed by atoms with Crippen LogP contribution in [0.2, 0.25) is 0 Å². The summed E-state index contributed by atoms with van der Waals surface area (Å²) < 4.78 is 0. The third kappa shape index (κ3) is 4.26. The van der Waals surface area contributed by atoms with Crippen LogP contribution in [-0.2, 0) is 4.79 Å². The zero-order valence-corrected chi connectivity index (χ0v) is 14.1. The number of rotatable bonds is 8. The lowest BCUT2D eigenvalue weighted by Gasteiger charge is -2.29. The molecule has 4 unspecified atom stereocenters. The first kappa shape index (κ1) is 19.2. The van der Waals surface area contributed by atoms with Gasteiger partial charge in [0.05, 0.1) is 19.6 Å². The molecule has 136 valence electrons. The molecule has 0 aromatic rings. The Bertz CT molecular complexity index is 529. The number of aliphatic hydroxyl groups excluding tert-OH is 5. The lowest BCUT2D eigenvalue weighted by atomic mass is 10.0. The Hall–Kier alpha value is -1.17. The lowest BCUT2D eigenvalue weighted by molar-refractivity contribution is -0.137. The first-order valence-electron chi connectivity index (χ1n) is 7.60. The van der Waals surface area contributed by atoms with Gasteiger partial charge in [-0.1, -0.05) is 11.8 Å². The van der Waals surface area contributed by atoms with Gasteiger partial charge in [-0.05, 0) is 5.41 Å². The summed E-state index contributed by atoms with van der Waals surface area (Å²) in [5, 5.41) is 50.1. The van der Waals surface area contributed by atoms with E-state index in [1.165, 1.54) is 23.7 Å². The Morgan fingerprint density at radius 2 is 2.00 bits per heavy atom. The van der Waals surface area contributed by atoms with E-state index in [1.807, 2.05) is 10.3 Å². The van der Waals surface area contributed by atoms with Gasteiger partial charge in [0.1, 0.15) is 24.4 Å². The average molecular weight is 361 g/mol. The van der Waals surface area contributed by atoms with Crippen LogP contribution in [0.3, 0.4) is 0 Å². The van der Waals surface area contributed by atoms with Crippen LogP contribution in [0.1, 0.15) is 6.42 Å². The fraction of sp³-hybridized carbons (Fsp3) is 0.714. The van der Waals surface area contributed by atoms with Crippen LogP contribution in [-0.4, -0.2) is 104 Å². The molecule has 4 atom stereocenters. The Morgan fingerprint density at radius 1 is 1.33 bits per heavy atom. The molecule has 0 saturated heterocycles. The molecule has 2 aliphatic rings. The number of thioether (sulfide) groups is 1. The van der Waals surface area contributed by atoms with E-state index in [0.29, 0.717) is 6.54 Å². The molecule has 2 rings (SSSR count). The molecular formula is C14H23N3O6S. The van der Waals surface area contributed by atoms with Crippen molar-refractivity contribution >= 4 is 22.8 Å². The van der Waals surface area contributed by atoms with Gasteiger partial charge in [-0.2, -0.15) is 0 Å². The summed E-state index contributed by atoms with van der Waals surface area (Å²) in [6, 6.07) is 0. The largest absolute Gasteiger partial charge is 0.394 e. The number of likely N-dealkylation sites (N-methyl/N-ethyl adjacent to an activating group) is 1. The number of carbonyl (C=O) groups excluding carboxylic acids is 1. The van der Waals surface area contributed by atoms with Crippen molar-refractivity contribution in [2.24, 2.45) is 4.99 Å². The van der Waals surface area contributed by atoms with Crippen LogP contribution in [0.25, 0.3) is 0 Å². The second kappa shape index (κ2) is 8.28.